The molecular weight excluding hydrogens is 264 g/mol. The van der Waals surface area contributed by atoms with Gasteiger partial charge in [-0.05, 0) is 43.4 Å². The molecule has 16 heavy (non-hydrogen) atoms. The number of hydrogen-bond acceptors (Lipinski definition) is 2. The zero-order chi connectivity index (χ0) is 11.5. The Bertz CT molecular complexity index is 422. The minimum atomic E-state index is 0.524. The van der Waals surface area contributed by atoms with Crippen LogP contribution in [0.5, 0.6) is 0 Å². The lowest BCUT2D eigenvalue weighted by Gasteiger charge is -2.15. The van der Waals surface area contributed by atoms with Crippen molar-refractivity contribution in [2.45, 2.75) is 32.2 Å². The topological polar surface area (TPSA) is 35.8 Å². The number of nitriles is 1. The molecule has 0 bridgehead atoms. The molecule has 2 nitrogen and oxygen atoms in total. The lowest BCUT2D eigenvalue weighted by molar-refractivity contribution is 0.602. The van der Waals surface area contributed by atoms with Crippen molar-refractivity contribution < 1.29 is 0 Å². The van der Waals surface area contributed by atoms with E-state index in [0.29, 0.717) is 6.04 Å². The van der Waals surface area contributed by atoms with Crippen molar-refractivity contribution in [2.24, 2.45) is 5.92 Å². The maximum absolute atomic E-state index is 9.03. The highest BCUT2D eigenvalue weighted by Crippen LogP contribution is 2.29. The van der Waals surface area contributed by atoms with Gasteiger partial charge in [-0.2, -0.15) is 5.26 Å². The van der Waals surface area contributed by atoms with Crippen LogP contribution in [0.25, 0.3) is 0 Å². The number of hydrogen-bond donors (Lipinski definition) is 1. The monoisotopic (exact) mass is 278 g/mol. The average Bonchev–Trinajstić information content (AvgIpc) is 2.64. The van der Waals surface area contributed by atoms with E-state index in [1.54, 1.807) is 0 Å². The molecule has 1 aliphatic rings. The minimum Gasteiger partial charge on any atom is -0.381 e. The van der Waals surface area contributed by atoms with Crippen molar-refractivity contribution in [1.29, 1.82) is 5.26 Å². The molecular formula is C13H15BrN2. The summed E-state index contributed by atoms with van der Waals surface area (Å²) in [4.78, 5) is 0. The van der Waals surface area contributed by atoms with Crippen molar-refractivity contribution in [1.82, 2.24) is 0 Å². The van der Waals surface area contributed by atoms with Gasteiger partial charge in [0, 0.05) is 10.5 Å². The highest BCUT2D eigenvalue weighted by Gasteiger charge is 2.21. The van der Waals surface area contributed by atoms with Gasteiger partial charge < -0.3 is 5.32 Å². The molecule has 0 radical (unpaired) electrons. The van der Waals surface area contributed by atoms with Crippen LogP contribution < -0.4 is 5.32 Å². The van der Waals surface area contributed by atoms with E-state index in [-0.39, 0.29) is 0 Å². The quantitative estimate of drug-likeness (QED) is 0.890. The average molecular weight is 279 g/mol. The minimum absolute atomic E-state index is 0.524. The molecule has 1 fully saturated rings. The van der Waals surface area contributed by atoms with E-state index in [2.05, 4.69) is 34.2 Å². The second kappa shape index (κ2) is 4.88. The fraction of sp³-hybridized carbons (Fsp3) is 0.462. The molecule has 0 saturated heterocycles. The number of rotatable bonds is 2. The third kappa shape index (κ3) is 2.56. The number of nitrogens with one attached hydrogen (secondary N) is 1. The first kappa shape index (κ1) is 11.5. The maximum atomic E-state index is 9.03. The zero-order valence-corrected chi connectivity index (χ0v) is 10.9. The van der Waals surface area contributed by atoms with Gasteiger partial charge >= 0.3 is 0 Å². The molecule has 2 unspecified atom stereocenters. The summed E-state index contributed by atoms with van der Waals surface area (Å²) in [6.07, 6.45) is 3.70. The fourth-order valence-corrected chi connectivity index (χ4v) is 2.65. The van der Waals surface area contributed by atoms with Gasteiger partial charge in [-0.3, -0.25) is 0 Å². The molecule has 0 aliphatic heterocycles. The Balaban J connectivity index is 2.14. The van der Waals surface area contributed by atoms with E-state index in [0.717, 1.165) is 21.6 Å². The SMILES string of the molecule is CC1CCC(Nc2cc(Br)ccc2C#N)C1. The highest BCUT2D eigenvalue weighted by molar-refractivity contribution is 9.10. The summed E-state index contributed by atoms with van der Waals surface area (Å²) in [7, 11) is 0. The Hall–Kier alpha value is -1.01. The molecule has 84 valence electrons. The molecule has 1 N–H and O–H groups in total. The van der Waals surface area contributed by atoms with Crippen LogP contribution in [-0.4, -0.2) is 6.04 Å². The van der Waals surface area contributed by atoms with Crippen LogP contribution in [0.15, 0.2) is 22.7 Å². The van der Waals surface area contributed by atoms with Gasteiger partial charge in [-0.25, -0.2) is 0 Å². The summed E-state index contributed by atoms with van der Waals surface area (Å²) >= 11 is 3.44. The van der Waals surface area contributed by atoms with E-state index in [1.807, 2.05) is 18.2 Å². The Morgan fingerprint density at radius 3 is 2.88 bits per heavy atom. The van der Waals surface area contributed by atoms with Gasteiger partial charge in [0.2, 0.25) is 0 Å². The maximum Gasteiger partial charge on any atom is 0.101 e. The molecule has 1 aromatic carbocycles. The van der Waals surface area contributed by atoms with E-state index in [1.165, 1.54) is 19.3 Å². The van der Waals surface area contributed by atoms with Crippen LogP contribution in [0.4, 0.5) is 5.69 Å². The second-order valence-corrected chi connectivity index (χ2v) is 5.48. The molecule has 2 rings (SSSR count). The third-order valence-electron chi connectivity index (χ3n) is 3.16. The number of nitrogens with zero attached hydrogens (tertiary/aromatic N) is 1. The third-order valence-corrected chi connectivity index (χ3v) is 3.65. The van der Waals surface area contributed by atoms with Crippen LogP contribution >= 0.6 is 15.9 Å². The molecule has 0 heterocycles. The largest absolute Gasteiger partial charge is 0.381 e. The number of halogens is 1. The smallest absolute Gasteiger partial charge is 0.101 e. The lowest BCUT2D eigenvalue weighted by Crippen LogP contribution is -2.16. The van der Waals surface area contributed by atoms with Crippen molar-refractivity contribution in [3.8, 4) is 6.07 Å². The van der Waals surface area contributed by atoms with Gasteiger partial charge in [-0.15, -0.1) is 0 Å². The summed E-state index contributed by atoms with van der Waals surface area (Å²) in [5.74, 6) is 0.801. The first-order chi connectivity index (χ1) is 7.69. The van der Waals surface area contributed by atoms with Gasteiger partial charge in [0.25, 0.3) is 0 Å². The standard InChI is InChI=1S/C13H15BrN2/c1-9-2-5-12(6-9)16-13-7-11(14)4-3-10(13)8-15/h3-4,7,9,12,16H,2,5-6H2,1H3. The van der Waals surface area contributed by atoms with Crippen molar-refractivity contribution in [3.63, 3.8) is 0 Å². The van der Waals surface area contributed by atoms with Crippen LogP contribution in [0.3, 0.4) is 0 Å². The predicted octanol–water partition coefficient (Wildman–Crippen LogP) is 3.92. The van der Waals surface area contributed by atoms with Crippen LogP contribution in [-0.2, 0) is 0 Å². The first-order valence-corrected chi connectivity index (χ1v) is 6.44. The molecule has 1 saturated carbocycles. The van der Waals surface area contributed by atoms with Gasteiger partial charge in [0.1, 0.15) is 6.07 Å². The Morgan fingerprint density at radius 1 is 1.44 bits per heavy atom. The Kier molecular flexibility index (Phi) is 3.50. The van der Waals surface area contributed by atoms with Gasteiger partial charge in [-0.1, -0.05) is 22.9 Å². The van der Waals surface area contributed by atoms with E-state index < -0.39 is 0 Å². The van der Waals surface area contributed by atoms with E-state index in [9.17, 15) is 0 Å². The molecule has 2 atom stereocenters. The van der Waals surface area contributed by atoms with Gasteiger partial charge in [0.05, 0.1) is 11.3 Å². The molecule has 1 aliphatic carbocycles. The summed E-state index contributed by atoms with van der Waals surface area (Å²) in [6.45, 7) is 2.29. The normalized spacial score (nSPS) is 24.1. The zero-order valence-electron chi connectivity index (χ0n) is 9.33. The molecule has 3 heteroatoms. The van der Waals surface area contributed by atoms with Crippen LogP contribution in [0.2, 0.25) is 0 Å². The fourth-order valence-electron chi connectivity index (χ4n) is 2.29. The predicted molar refractivity (Wildman–Crippen MR) is 69.3 cm³/mol. The van der Waals surface area contributed by atoms with E-state index in [4.69, 9.17) is 5.26 Å². The van der Waals surface area contributed by atoms with Crippen LogP contribution in [0.1, 0.15) is 31.7 Å². The van der Waals surface area contributed by atoms with Gasteiger partial charge in [0.15, 0.2) is 0 Å². The van der Waals surface area contributed by atoms with Crippen molar-refractivity contribution in [3.05, 3.63) is 28.2 Å². The first-order valence-electron chi connectivity index (χ1n) is 5.65. The van der Waals surface area contributed by atoms with E-state index >= 15 is 0 Å². The summed E-state index contributed by atoms with van der Waals surface area (Å²) in [5, 5.41) is 12.5. The lowest BCUT2D eigenvalue weighted by atomic mass is 10.1. The molecule has 1 aromatic rings. The second-order valence-electron chi connectivity index (χ2n) is 4.56. The number of anilines is 1. The van der Waals surface area contributed by atoms with Crippen molar-refractivity contribution >= 4 is 21.6 Å². The number of benzene rings is 1. The summed E-state index contributed by atoms with van der Waals surface area (Å²) < 4.78 is 1.01. The Labute approximate surface area is 105 Å². The molecule has 0 aromatic heterocycles. The van der Waals surface area contributed by atoms with Crippen molar-refractivity contribution in [2.75, 3.05) is 5.32 Å². The Morgan fingerprint density at radius 2 is 2.25 bits per heavy atom. The van der Waals surface area contributed by atoms with Crippen LogP contribution in [0, 0.1) is 17.2 Å². The summed E-state index contributed by atoms with van der Waals surface area (Å²) in [6, 6.07) is 8.49. The molecule has 0 spiro atoms. The highest BCUT2D eigenvalue weighted by atomic mass is 79.9. The summed E-state index contributed by atoms with van der Waals surface area (Å²) in [5.41, 5.74) is 1.68. The molecule has 0 amide bonds.